The van der Waals surface area contributed by atoms with Crippen molar-refractivity contribution in [2.24, 2.45) is 17.0 Å². The zero-order valence-corrected chi connectivity index (χ0v) is 16.1. The first kappa shape index (κ1) is 20.3. The molecule has 25 heavy (non-hydrogen) atoms. The summed E-state index contributed by atoms with van der Waals surface area (Å²) in [5, 5.41) is 15.8. The van der Waals surface area contributed by atoms with Crippen LogP contribution in [0.2, 0.25) is 0 Å². The van der Waals surface area contributed by atoms with Crippen LogP contribution in [0.5, 0.6) is 0 Å². The molecular formula is C21H38N2O2. The number of nitrogens with zero attached hydrogens (tertiary/aromatic N) is 1. The lowest BCUT2D eigenvalue weighted by molar-refractivity contribution is -0.126. The molecule has 2 aliphatic rings. The minimum absolute atomic E-state index is 0.183. The molecule has 1 amide bonds. The second-order valence-electron chi connectivity index (χ2n) is 8.25. The van der Waals surface area contributed by atoms with Gasteiger partial charge in [0.15, 0.2) is 0 Å². The van der Waals surface area contributed by atoms with E-state index in [9.17, 15) is 4.79 Å². The standard InChI is InChI=1S/C21H38N2O2/c1-17(23-25)18-11-9-13-19(14-10-12-18)21(24)22-20-15-7-5-3-2-4-6-8-16-20/h18-20,25H,2-16H2,1H3,(H,22,24)/b23-17+. The van der Waals surface area contributed by atoms with Crippen molar-refractivity contribution >= 4 is 11.6 Å². The Labute approximate surface area is 153 Å². The molecular weight excluding hydrogens is 312 g/mol. The van der Waals surface area contributed by atoms with Gasteiger partial charge in [0, 0.05) is 17.9 Å². The van der Waals surface area contributed by atoms with Crippen molar-refractivity contribution in [3.8, 4) is 0 Å². The molecule has 2 fully saturated rings. The van der Waals surface area contributed by atoms with Crippen molar-refractivity contribution in [1.82, 2.24) is 5.32 Å². The van der Waals surface area contributed by atoms with Gasteiger partial charge in [-0.15, -0.1) is 0 Å². The molecule has 0 aliphatic heterocycles. The lowest BCUT2D eigenvalue weighted by Gasteiger charge is -2.26. The van der Waals surface area contributed by atoms with Gasteiger partial charge < -0.3 is 10.5 Å². The second kappa shape index (κ2) is 11.5. The number of oxime groups is 1. The van der Waals surface area contributed by atoms with Gasteiger partial charge in [-0.1, -0.05) is 62.9 Å². The van der Waals surface area contributed by atoms with Crippen LogP contribution in [0.25, 0.3) is 0 Å². The van der Waals surface area contributed by atoms with Crippen molar-refractivity contribution in [2.45, 2.75) is 109 Å². The lowest BCUT2D eigenvalue weighted by atomic mass is 9.83. The van der Waals surface area contributed by atoms with Crippen molar-refractivity contribution in [1.29, 1.82) is 0 Å². The van der Waals surface area contributed by atoms with E-state index in [0.29, 0.717) is 17.9 Å². The molecule has 4 nitrogen and oxygen atoms in total. The Kier molecular flexibility index (Phi) is 9.35. The maximum Gasteiger partial charge on any atom is 0.223 e. The van der Waals surface area contributed by atoms with Gasteiger partial charge in [-0.2, -0.15) is 0 Å². The molecule has 0 atom stereocenters. The Morgan fingerprint density at radius 1 is 0.760 bits per heavy atom. The smallest absolute Gasteiger partial charge is 0.223 e. The van der Waals surface area contributed by atoms with E-state index in [-0.39, 0.29) is 5.92 Å². The molecule has 2 N–H and O–H groups in total. The first-order valence-electron chi connectivity index (χ1n) is 10.7. The van der Waals surface area contributed by atoms with Gasteiger partial charge in [0.05, 0.1) is 5.71 Å². The van der Waals surface area contributed by atoms with E-state index >= 15 is 0 Å². The summed E-state index contributed by atoms with van der Waals surface area (Å²) in [6.45, 7) is 1.91. The third-order valence-electron chi connectivity index (χ3n) is 6.28. The molecule has 0 heterocycles. The van der Waals surface area contributed by atoms with E-state index < -0.39 is 0 Å². The third-order valence-corrected chi connectivity index (χ3v) is 6.28. The average Bonchev–Trinajstić information content (AvgIpc) is 2.59. The topological polar surface area (TPSA) is 61.7 Å². The lowest BCUT2D eigenvalue weighted by Crippen LogP contribution is -2.39. The normalized spacial score (nSPS) is 28.6. The predicted octanol–water partition coefficient (Wildman–Crippen LogP) is 5.43. The zero-order valence-electron chi connectivity index (χ0n) is 16.1. The summed E-state index contributed by atoms with van der Waals surface area (Å²) >= 11 is 0. The number of hydrogen-bond acceptors (Lipinski definition) is 3. The van der Waals surface area contributed by atoms with Crippen LogP contribution in [-0.2, 0) is 4.79 Å². The minimum atomic E-state index is 0.183. The molecule has 0 spiro atoms. The summed E-state index contributed by atoms with van der Waals surface area (Å²) in [7, 11) is 0. The molecule has 0 aromatic heterocycles. The molecule has 0 aromatic carbocycles. The molecule has 144 valence electrons. The van der Waals surface area contributed by atoms with Gasteiger partial charge in [-0.3, -0.25) is 4.79 Å². The highest BCUT2D eigenvalue weighted by atomic mass is 16.4. The molecule has 0 bridgehead atoms. The number of rotatable bonds is 3. The summed E-state index contributed by atoms with van der Waals surface area (Å²) < 4.78 is 0. The fourth-order valence-corrected chi connectivity index (χ4v) is 4.54. The van der Waals surface area contributed by atoms with Crippen LogP contribution in [-0.4, -0.2) is 22.9 Å². The summed E-state index contributed by atoms with van der Waals surface area (Å²) in [5.41, 5.74) is 0.851. The van der Waals surface area contributed by atoms with Crippen molar-refractivity contribution in [2.75, 3.05) is 0 Å². The molecule has 0 radical (unpaired) electrons. The predicted molar refractivity (Wildman–Crippen MR) is 103 cm³/mol. The van der Waals surface area contributed by atoms with Gasteiger partial charge in [-0.25, -0.2) is 0 Å². The van der Waals surface area contributed by atoms with E-state index in [1.807, 2.05) is 6.92 Å². The first-order chi connectivity index (χ1) is 12.2. The summed E-state index contributed by atoms with van der Waals surface area (Å²) in [5.74, 6) is 0.878. The van der Waals surface area contributed by atoms with E-state index in [1.165, 1.54) is 44.9 Å². The number of carbonyl (C=O) groups is 1. The van der Waals surface area contributed by atoms with Gasteiger partial charge in [0.1, 0.15) is 0 Å². The Hall–Kier alpha value is -1.06. The number of nitrogens with one attached hydrogen (secondary N) is 1. The van der Waals surface area contributed by atoms with Crippen molar-refractivity contribution in [3.63, 3.8) is 0 Å². The Bertz CT molecular complexity index is 402. The van der Waals surface area contributed by atoms with Crippen LogP contribution < -0.4 is 5.32 Å². The minimum Gasteiger partial charge on any atom is -0.411 e. The van der Waals surface area contributed by atoms with Gasteiger partial charge in [-0.05, 0) is 45.4 Å². The monoisotopic (exact) mass is 350 g/mol. The number of hydrogen-bond donors (Lipinski definition) is 2. The maximum absolute atomic E-state index is 12.8. The quantitative estimate of drug-likeness (QED) is 0.405. The Morgan fingerprint density at radius 3 is 1.76 bits per heavy atom. The molecule has 2 saturated carbocycles. The molecule has 2 rings (SSSR count). The van der Waals surface area contributed by atoms with E-state index in [0.717, 1.165) is 57.1 Å². The Balaban J connectivity index is 1.78. The molecule has 4 heteroatoms. The molecule has 0 aromatic rings. The van der Waals surface area contributed by atoms with Gasteiger partial charge in [0.25, 0.3) is 0 Å². The first-order valence-corrected chi connectivity index (χ1v) is 10.7. The summed E-state index contributed by atoms with van der Waals surface area (Å²) in [6, 6.07) is 0.396. The maximum atomic E-state index is 12.8. The summed E-state index contributed by atoms with van der Waals surface area (Å²) in [6.07, 6.45) is 17.8. The zero-order chi connectivity index (χ0) is 17.9. The Morgan fingerprint density at radius 2 is 1.24 bits per heavy atom. The average molecular weight is 351 g/mol. The fourth-order valence-electron chi connectivity index (χ4n) is 4.54. The van der Waals surface area contributed by atoms with E-state index in [4.69, 9.17) is 5.21 Å². The number of carbonyl (C=O) groups excluding carboxylic acids is 1. The highest BCUT2D eigenvalue weighted by Crippen LogP contribution is 2.27. The van der Waals surface area contributed by atoms with Crippen LogP contribution in [0.15, 0.2) is 5.16 Å². The fraction of sp³-hybridized carbons (Fsp3) is 0.905. The van der Waals surface area contributed by atoms with Gasteiger partial charge in [0.2, 0.25) is 5.91 Å². The summed E-state index contributed by atoms with van der Waals surface area (Å²) in [4.78, 5) is 12.8. The highest BCUT2D eigenvalue weighted by Gasteiger charge is 2.25. The van der Waals surface area contributed by atoms with E-state index in [2.05, 4.69) is 10.5 Å². The molecule has 0 unspecified atom stereocenters. The highest BCUT2D eigenvalue weighted by molar-refractivity contribution is 5.83. The van der Waals surface area contributed by atoms with Crippen LogP contribution in [0.1, 0.15) is 103 Å². The molecule has 0 saturated heterocycles. The van der Waals surface area contributed by atoms with Crippen LogP contribution >= 0.6 is 0 Å². The third kappa shape index (κ3) is 7.37. The van der Waals surface area contributed by atoms with Crippen LogP contribution in [0, 0.1) is 11.8 Å². The van der Waals surface area contributed by atoms with Crippen LogP contribution in [0.4, 0.5) is 0 Å². The van der Waals surface area contributed by atoms with Crippen LogP contribution in [0.3, 0.4) is 0 Å². The van der Waals surface area contributed by atoms with Crippen molar-refractivity contribution < 1.29 is 10.0 Å². The SMILES string of the molecule is C/C(=N\O)C1CCCC(C(=O)NC2CCCCCCCCC2)CCC1. The molecule has 2 aliphatic carbocycles. The number of amides is 1. The second-order valence-corrected chi connectivity index (χ2v) is 8.25. The van der Waals surface area contributed by atoms with Gasteiger partial charge >= 0.3 is 0 Å². The van der Waals surface area contributed by atoms with E-state index in [1.54, 1.807) is 0 Å². The van der Waals surface area contributed by atoms with Crippen molar-refractivity contribution in [3.05, 3.63) is 0 Å². The largest absolute Gasteiger partial charge is 0.411 e.